The number of hydrogen-bond acceptors (Lipinski definition) is 2. The number of aryl methyl sites for hydroxylation is 1. The molecule has 1 fully saturated rings. The van der Waals surface area contributed by atoms with Gasteiger partial charge < -0.3 is 10.2 Å². The quantitative estimate of drug-likeness (QED) is 0.832. The van der Waals surface area contributed by atoms with E-state index in [-0.39, 0.29) is 0 Å². The fourth-order valence-corrected chi connectivity index (χ4v) is 3.42. The maximum atomic E-state index is 5.57. The molecule has 0 radical (unpaired) electrons. The van der Waals surface area contributed by atoms with Crippen LogP contribution >= 0.6 is 12.2 Å². The summed E-state index contributed by atoms with van der Waals surface area (Å²) >= 11 is 5.57. The minimum Gasteiger partial charge on any atom is -0.362 e. The molecule has 1 aliphatic rings. The van der Waals surface area contributed by atoms with Gasteiger partial charge in [0, 0.05) is 39.3 Å². The normalized spacial score (nSPS) is 15.2. The standard InChI is InChI=1S/C21H27N3S/c1-18-7-9-20(10-8-18)17-23-13-15-24(16-14-23)21(25)22-12-11-19-5-3-2-4-6-19/h2-10H,11-17H2,1H3,(H,22,25). The summed E-state index contributed by atoms with van der Waals surface area (Å²) in [5.74, 6) is 0. The van der Waals surface area contributed by atoms with Gasteiger partial charge in [-0.2, -0.15) is 0 Å². The van der Waals surface area contributed by atoms with Crippen LogP contribution in [0.4, 0.5) is 0 Å². The first-order valence-corrected chi connectivity index (χ1v) is 9.46. The van der Waals surface area contributed by atoms with Gasteiger partial charge in [0.1, 0.15) is 0 Å². The lowest BCUT2D eigenvalue weighted by molar-refractivity contribution is 0.174. The van der Waals surface area contributed by atoms with Gasteiger partial charge in [-0.15, -0.1) is 0 Å². The van der Waals surface area contributed by atoms with Crippen molar-refractivity contribution < 1.29 is 0 Å². The van der Waals surface area contributed by atoms with Gasteiger partial charge in [0.05, 0.1) is 0 Å². The molecule has 0 bridgehead atoms. The van der Waals surface area contributed by atoms with Crippen LogP contribution in [0.5, 0.6) is 0 Å². The molecule has 0 aliphatic carbocycles. The van der Waals surface area contributed by atoms with Crippen LogP contribution < -0.4 is 5.32 Å². The lowest BCUT2D eigenvalue weighted by Gasteiger charge is -2.36. The fourth-order valence-electron chi connectivity index (χ4n) is 3.13. The Balaban J connectivity index is 1.38. The maximum Gasteiger partial charge on any atom is 0.169 e. The zero-order valence-corrected chi connectivity index (χ0v) is 15.8. The van der Waals surface area contributed by atoms with Gasteiger partial charge in [0.15, 0.2) is 5.11 Å². The number of benzene rings is 2. The van der Waals surface area contributed by atoms with Gasteiger partial charge in [-0.05, 0) is 36.7 Å². The highest BCUT2D eigenvalue weighted by atomic mass is 32.1. The number of rotatable bonds is 5. The third-order valence-corrected chi connectivity index (χ3v) is 5.12. The summed E-state index contributed by atoms with van der Waals surface area (Å²) in [4.78, 5) is 4.81. The second kappa shape index (κ2) is 8.97. The van der Waals surface area contributed by atoms with E-state index in [1.54, 1.807) is 0 Å². The Kier molecular flexibility index (Phi) is 6.42. The summed E-state index contributed by atoms with van der Waals surface area (Å²) in [5.41, 5.74) is 4.06. The first-order chi connectivity index (χ1) is 12.2. The predicted octanol–water partition coefficient (Wildman–Crippen LogP) is 3.23. The Morgan fingerprint density at radius 3 is 2.28 bits per heavy atom. The van der Waals surface area contributed by atoms with Crippen molar-refractivity contribution in [2.45, 2.75) is 19.9 Å². The number of nitrogens with one attached hydrogen (secondary N) is 1. The van der Waals surface area contributed by atoms with Crippen LogP contribution in [0.3, 0.4) is 0 Å². The highest BCUT2D eigenvalue weighted by molar-refractivity contribution is 7.80. The van der Waals surface area contributed by atoms with Gasteiger partial charge in [0.2, 0.25) is 0 Å². The van der Waals surface area contributed by atoms with E-state index in [0.717, 1.165) is 50.8 Å². The van der Waals surface area contributed by atoms with Crippen LogP contribution in [-0.4, -0.2) is 47.6 Å². The molecule has 0 amide bonds. The van der Waals surface area contributed by atoms with Crippen molar-refractivity contribution in [1.82, 2.24) is 15.1 Å². The average Bonchev–Trinajstić information content (AvgIpc) is 2.65. The largest absolute Gasteiger partial charge is 0.362 e. The van der Waals surface area contributed by atoms with Crippen molar-refractivity contribution >= 4 is 17.3 Å². The summed E-state index contributed by atoms with van der Waals surface area (Å²) in [6.07, 6.45) is 1.01. The zero-order valence-electron chi connectivity index (χ0n) is 14.9. The van der Waals surface area contributed by atoms with E-state index in [9.17, 15) is 0 Å². The SMILES string of the molecule is Cc1ccc(CN2CCN(C(=S)NCCc3ccccc3)CC2)cc1. The van der Waals surface area contributed by atoms with Crippen LogP contribution in [0.25, 0.3) is 0 Å². The van der Waals surface area contributed by atoms with Crippen LogP contribution in [-0.2, 0) is 13.0 Å². The van der Waals surface area contributed by atoms with Gasteiger partial charge >= 0.3 is 0 Å². The van der Waals surface area contributed by atoms with Crippen molar-refractivity contribution in [3.63, 3.8) is 0 Å². The van der Waals surface area contributed by atoms with Crippen molar-refractivity contribution in [3.05, 3.63) is 71.3 Å². The van der Waals surface area contributed by atoms with Crippen molar-refractivity contribution in [2.24, 2.45) is 0 Å². The highest BCUT2D eigenvalue weighted by Crippen LogP contribution is 2.10. The van der Waals surface area contributed by atoms with Crippen molar-refractivity contribution in [2.75, 3.05) is 32.7 Å². The number of piperazine rings is 1. The third kappa shape index (κ3) is 5.55. The monoisotopic (exact) mass is 353 g/mol. The molecular formula is C21H27N3S. The Morgan fingerprint density at radius 1 is 0.920 bits per heavy atom. The van der Waals surface area contributed by atoms with E-state index in [1.165, 1.54) is 16.7 Å². The summed E-state index contributed by atoms with van der Waals surface area (Å²) < 4.78 is 0. The van der Waals surface area contributed by atoms with E-state index < -0.39 is 0 Å². The molecule has 0 spiro atoms. The smallest absolute Gasteiger partial charge is 0.169 e. The first-order valence-electron chi connectivity index (χ1n) is 9.05. The number of thiocarbonyl (C=S) groups is 1. The maximum absolute atomic E-state index is 5.57. The molecule has 1 aliphatic heterocycles. The summed E-state index contributed by atoms with van der Waals surface area (Å²) in [5, 5.41) is 4.30. The molecule has 3 nitrogen and oxygen atoms in total. The zero-order chi connectivity index (χ0) is 17.5. The number of nitrogens with zero attached hydrogens (tertiary/aromatic N) is 2. The molecule has 25 heavy (non-hydrogen) atoms. The van der Waals surface area contributed by atoms with E-state index in [1.807, 2.05) is 0 Å². The molecule has 2 aromatic carbocycles. The third-order valence-electron chi connectivity index (χ3n) is 4.72. The van der Waals surface area contributed by atoms with E-state index in [0.29, 0.717) is 0 Å². The van der Waals surface area contributed by atoms with Gasteiger partial charge in [-0.3, -0.25) is 4.90 Å². The molecular weight excluding hydrogens is 326 g/mol. The van der Waals surface area contributed by atoms with Crippen LogP contribution in [0.2, 0.25) is 0 Å². The van der Waals surface area contributed by atoms with Crippen LogP contribution in [0, 0.1) is 6.92 Å². The van der Waals surface area contributed by atoms with Gasteiger partial charge in [0.25, 0.3) is 0 Å². The van der Waals surface area contributed by atoms with Crippen molar-refractivity contribution in [1.29, 1.82) is 0 Å². The highest BCUT2D eigenvalue weighted by Gasteiger charge is 2.18. The average molecular weight is 354 g/mol. The molecule has 0 aromatic heterocycles. The topological polar surface area (TPSA) is 18.5 Å². The molecule has 0 atom stereocenters. The molecule has 1 N–H and O–H groups in total. The minimum atomic E-state index is 0.894. The molecule has 4 heteroatoms. The molecule has 132 valence electrons. The van der Waals surface area contributed by atoms with Gasteiger partial charge in [-0.1, -0.05) is 60.2 Å². The Hall–Kier alpha value is -1.91. The molecule has 1 saturated heterocycles. The predicted molar refractivity (Wildman–Crippen MR) is 109 cm³/mol. The molecule has 1 heterocycles. The van der Waals surface area contributed by atoms with E-state index >= 15 is 0 Å². The van der Waals surface area contributed by atoms with Crippen LogP contribution in [0.15, 0.2) is 54.6 Å². The Bertz CT molecular complexity index is 661. The molecule has 0 unspecified atom stereocenters. The molecule has 2 aromatic rings. The summed E-state index contributed by atoms with van der Waals surface area (Å²) in [6.45, 7) is 8.19. The fraction of sp³-hybridized carbons (Fsp3) is 0.381. The van der Waals surface area contributed by atoms with Crippen molar-refractivity contribution in [3.8, 4) is 0 Å². The lowest BCUT2D eigenvalue weighted by atomic mass is 10.1. The van der Waals surface area contributed by atoms with Gasteiger partial charge in [-0.25, -0.2) is 0 Å². The summed E-state index contributed by atoms with van der Waals surface area (Å²) in [6, 6.07) is 19.4. The lowest BCUT2D eigenvalue weighted by Crippen LogP contribution is -2.51. The minimum absolute atomic E-state index is 0.894. The van der Waals surface area contributed by atoms with E-state index in [2.05, 4.69) is 76.6 Å². The molecule has 3 rings (SSSR count). The summed E-state index contributed by atoms with van der Waals surface area (Å²) in [7, 11) is 0. The Labute approximate surface area is 156 Å². The molecule has 0 saturated carbocycles. The first kappa shape index (κ1) is 17.9. The number of hydrogen-bond donors (Lipinski definition) is 1. The van der Waals surface area contributed by atoms with E-state index in [4.69, 9.17) is 12.2 Å². The Morgan fingerprint density at radius 2 is 1.60 bits per heavy atom. The second-order valence-electron chi connectivity index (χ2n) is 6.72. The van der Waals surface area contributed by atoms with Crippen LogP contribution in [0.1, 0.15) is 16.7 Å². The second-order valence-corrected chi connectivity index (χ2v) is 7.10.